The molecule has 0 aliphatic carbocycles. The molecule has 24 heavy (non-hydrogen) atoms. The molecule has 9 heteroatoms. The van der Waals surface area contributed by atoms with Crippen LogP contribution in [0.25, 0.3) is 5.73 Å². The van der Waals surface area contributed by atoms with E-state index in [1.807, 2.05) is 25.3 Å². The number of hydrogen-bond acceptors (Lipinski definition) is 5. The predicted octanol–water partition coefficient (Wildman–Crippen LogP) is 0.506. The summed E-state index contributed by atoms with van der Waals surface area (Å²) in [6.07, 6.45) is 3.92. The van der Waals surface area contributed by atoms with Crippen LogP contribution in [-0.4, -0.2) is 54.0 Å². The number of nitrogens with zero attached hydrogens (tertiary/aromatic N) is 2. The van der Waals surface area contributed by atoms with E-state index in [4.69, 9.17) is 5.73 Å². The van der Waals surface area contributed by atoms with Crippen LogP contribution in [0.4, 0.5) is 0 Å². The molecule has 0 bridgehead atoms. The van der Waals surface area contributed by atoms with E-state index in [0.717, 1.165) is 0 Å². The number of nitrogens with one attached hydrogen (secondary N) is 2. The first-order chi connectivity index (χ1) is 10.9. The molecule has 0 unspecified atom stereocenters. The monoisotopic (exact) mass is 502 g/mol. The number of aldehydes is 1. The van der Waals surface area contributed by atoms with Crippen molar-refractivity contribution < 1.29 is 41.6 Å². The molecule has 0 saturated carbocycles. The predicted molar refractivity (Wildman–Crippen MR) is 84.2 cm³/mol. The van der Waals surface area contributed by atoms with Crippen LogP contribution in [-0.2, 0) is 41.6 Å². The van der Waals surface area contributed by atoms with Gasteiger partial charge < -0.3 is 25.5 Å². The van der Waals surface area contributed by atoms with Crippen molar-refractivity contribution in [3.8, 4) is 0 Å². The third-order valence-electron chi connectivity index (χ3n) is 2.60. The van der Waals surface area contributed by atoms with Gasteiger partial charge in [-0.15, -0.1) is 0 Å². The molecule has 0 aliphatic heterocycles. The Morgan fingerprint density at radius 1 is 1.33 bits per heavy atom. The molecule has 3 amide bonds. The topological polar surface area (TPSA) is 120 Å². The average Bonchev–Trinajstić information content (AvgIpc) is 2.52. The minimum atomic E-state index is -0.820. The molecule has 1 radical (unpaired) electrons. The summed E-state index contributed by atoms with van der Waals surface area (Å²) in [6, 6.07) is 3.95. The molecule has 1 aromatic heterocycles. The van der Waals surface area contributed by atoms with Crippen molar-refractivity contribution in [1.82, 2.24) is 15.2 Å². The van der Waals surface area contributed by atoms with Gasteiger partial charge in [0.1, 0.15) is 6.29 Å². The first kappa shape index (κ1) is 24.2. The van der Waals surface area contributed by atoms with Gasteiger partial charge in [-0.3, -0.25) is 14.6 Å². The van der Waals surface area contributed by atoms with Gasteiger partial charge in [0.2, 0.25) is 11.8 Å². The Morgan fingerprint density at radius 2 is 2.00 bits per heavy atom. The molecule has 0 spiro atoms. The van der Waals surface area contributed by atoms with Gasteiger partial charge in [-0.25, -0.2) is 0 Å². The third-order valence-corrected chi connectivity index (χ3v) is 2.60. The second-order valence-corrected chi connectivity index (χ2v) is 4.67. The van der Waals surface area contributed by atoms with Crippen molar-refractivity contribution in [2.75, 3.05) is 20.1 Å². The summed E-state index contributed by atoms with van der Waals surface area (Å²) in [7, 11) is 1.44. The van der Waals surface area contributed by atoms with Gasteiger partial charge in [0.15, 0.2) is 0 Å². The summed E-state index contributed by atoms with van der Waals surface area (Å²) >= 11 is 0. The maximum absolute atomic E-state index is 11.2. The fourth-order valence-electron chi connectivity index (χ4n) is 1.29. The number of hydrogen-bond donors (Lipinski definition) is 1. The Hall–Kier alpha value is -2.03. The number of aryl methyl sites for hydroxylation is 1. The molecule has 0 saturated heterocycles. The van der Waals surface area contributed by atoms with E-state index >= 15 is 0 Å². The first-order valence-corrected chi connectivity index (χ1v) is 6.92. The molecule has 1 rings (SSSR count). The molecule has 131 valence electrons. The summed E-state index contributed by atoms with van der Waals surface area (Å²) in [4.78, 5) is 47.7. The smallest absolute Gasteiger partial charge is 0.242 e. The number of pyridine rings is 1. The molecular weight excluding hydrogens is 481 g/mol. The standard InChI is InChI=1S/C9H15N3O4.C6H7N.Ta/c1-12(4-5-13)9(16)6-11-8(15)3-2-7(10)14;1-6-3-2-4-7-5-6;/h5H,2-4,6H2,1H3,(H3,10,11,14,15);2-5H,1H3;/p-1. The van der Waals surface area contributed by atoms with Gasteiger partial charge in [0, 0.05) is 54.1 Å². The van der Waals surface area contributed by atoms with E-state index in [1.54, 1.807) is 6.20 Å². The van der Waals surface area contributed by atoms with Gasteiger partial charge in [-0.05, 0) is 25.0 Å². The zero-order valence-corrected chi connectivity index (χ0v) is 16.9. The van der Waals surface area contributed by atoms with E-state index in [9.17, 15) is 19.2 Å². The number of carbonyl (C=O) groups is 4. The Morgan fingerprint density at radius 3 is 2.42 bits per heavy atom. The number of rotatable bonds is 7. The van der Waals surface area contributed by atoms with Gasteiger partial charge >= 0.3 is 0 Å². The van der Waals surface area contributed by atoms with Crippen molar-refractivity contribution in [2.45, 2.75) is 19.8 Å². The molecule has 8 nitrogen and oxygen atoms in total. The van der Waals surface area contributed by atoms with Crippen LogP contribution in [0.2, 0.25) is 0 Å². The molecule has 0 atom stereocenters. The largest absolute Gasteiger partial charge is 0.668 e. The van der Waals surface area contributed by atoms with Crippen LogP contribution in [0.5, 0.6) is 0 Å². The maximum atomic E-state index is 11.2. The van der Waals surface area contributed by atoms with Crippen molar-refractivity contribution in [2.24, 2.45) is 0 Å². The van der Waals surface area contributed by atoms with Gasteiger partial charge in [0.25, 0.3) is 0 Å². The zero-order valence-electron chi connectivity index (χ0n) is 13.7. The fourth-order valence-corrected chi connectivity index (χ4v) is 1.29. The third kappa shape index (κ3) is 13.6. The summed E-state index contributed by atoms with van der Waals surface area (Å²) in [5.74, 6) is -1.68. The zero-order chi connectivity index (χ0) is 17.7. The van der Waals surface area contributed by atoms with Crippen LogP contribution in [0.3, 0.4) is 0 Å². The minimum absolute atomic E-state index is 0. The average molecular weight is 502 g/mol. The minimum Gasteiger partial charge on any atom is -0.668 e. The molecular formula is C15H21N4O4Ta-. The van der Waals surface area contributed by atoms with Crippen molar-refractivity contribution >= 4 is 24.0 Å². The van der Waals surface area contributed by atoms with Crippen molar-refractivity contribution in [1.29, 1.82) is 0 Å². The molecule has 0 aromatic carbocycles. The molecule has 0 fully saturated rings. The van der Waals surface area contributed by atoms with Crippen LogP contribution >= 0.6 is 0 Å². The van der Waals surface area contributed by atoms with E-state index in [-0.39, 0.29) is 48.3 Å². The quantitative estimate of drug-likeness (QED) is 0.545. The van der Waals surface area contributed by atoms with Gasteiger partial charge in [-0.1, -0.05) is 6.07 Å². The molecule has 1 heterocycles. The molecule has 1 aromatic rings. The Balaban J connectivity index is 0. The van der Waals surface area contributed by atoms with Crippen molar-refractivity contribution in [3.05, 3.63) is 35.8 Å². The maximum Gasteiger partial charge on any atom is 0.242 e. The Bertz CT molecular complexity index is 525. The molecule has 2 N–H and O–H groups in total. The summed E-state index contributed by atoms with van der Waals surface area (Å²) in [6.45, 7) is 1.78. The van der Waals surface area contributed by atoms with Crippen LogP contribution in [0.1, 0.15) is 18.4 Å². The van der Waals surface area contributed by atoms with Crippen LogP contribution in [0.15, 0.2) is 24.5 Å². The second-order valence-electron chi connectivity index (χ2n) is 4.67. The normalized spacial score (nSPS) is 8.75. The van der Waals surface area contributed by atoms with Crippen LogP contribution < -0.4 is 5.32 Å². The van der Waals surface area contributed by atoms with E-state index in [2.05, 4.69) is 10.3 Å². The number of carbonyl (C=O) groups excluding carboxylic acids is 4. The number of amides is 3. The number of likely N-dealkylation sites (N-methyl/N-ethyl adjacent to an activating group) is 1. The summed E-state index contributed by atoms with van der Waals surface area (Å²) < 4.78 is 0. The Kier molecular flexibility index (Phi) is 14.7. The fraction of sp³-hybridized carbons (Fsp3) is 0.400. The second kappa shape index (κ2) is 14.6. The number of aromatic nitrogens is 1. The summed E-state index contributed by atoms with van der Waals surface area (Å²) in [5, 5.41) is 2.30. The van der Waals surface area contributed by atoms with Gasteiger partial charge in [-0.2, -0.15) is 0 Å². The van der Waals surface area contributed by atoms with E-state index < -0.39 is 17.7 Å². The first-order valence-electron chi connectivity index (χ1n) is 6.92. The van der Waals surface area contributed by atoms with Gasteiger partial charge in [0.05, 0.1) is 13.1 Å². The van der Waals surface area contributed by atoms with Crippen LogP contribution in [0, 0.1) is 6.92 Å². The SMILES string of the molecule is CN(CC=O)C(=O)CNC(=O)CCC([NH-])=O.Cc1cccnc1.[Ta]. The van der Waals surface area contributed by atoms with Crippen molar-refractivity contribution in [3.63, 3.8) is 0 Å². The summed E-state index contributed by atoms with van der Waals surface area (Å²) in [5.41, 5.74) is 7.79. The molecule has 0 aliphatic rings. The Labute approximate surface area is 156 Å². The van der Waals surface area contributed by atoms with E-state index in [0.29, 0.717) is 6.29 Å². The van der Waals surface area contributed by atoms with E-state index in [1.165, 1.54) is 17.5 Å².